The molecule has 0 spiro atoms. The van der Waals surface area contributed by atoms with Gasteiger partial charge in [0.25, 0.3) is 0 Å². The molecule has 3 unspecified atom stereocenters. The van der Waals surface area contributed by atoms with E-state index in [-0.39, 0.29) is 0 Å². The summed E-state index contributed by atoms with van der Waals surface area (Å²) < 4.78 is 0. The van der Waals surface area contributed by atoms with E-state index in [0.717, 1.165) is 32.6 Å². The fourth-order valence-corrected chi connectivity index (χ4v) is 3.41. The summed E-state index contributed by atoms with van der Waals surface area (Å²) in [7, 11) is 2.14. The normalized spacial score (nSPS) is 34.3. The van der Waals surface area contributed by atoms with Gasteiger partial charge in [0.15, 0.2) is 6.19 Å². The van der Waals surface area contributed by atoms with Crippen LogP contribution in [0.5, 0.6) is 0 Å². The lowest BCUT2D eigenvalue weighted by atomic mass is 9.75. The van der Waals surface area contributed by atoms with Crippen LogP contribution in [0.25, 0.3) is 0 Å². The Morgan fingerprint density at radius 3 is 2.65 bits per heavy atom. The van der Waals surface area contributed by atoms with Gasteiger partial charge in [-0.1, -0.05) is 0 Å². The van der Waals surface area contributed by atoms with Crippen LogP contribution in [0, 0.1) is 40.5 Å². The second-order valence-corrected chi connectivity index (χ2v) is 5.43. The molecule has 4 heteroatoms. The largest absolute Gasteiger partial charge is 0.310 e. The molecule has 0 radical (unpaired) electrons. The lowest BCUT2D eigenvalue weighted by molar-refractivity contribution is 0.105. The van der Waals surface area contributed by atoms with Crippen molar-refractivity contribution in [2.45, 2.75) is 19.3 Å². The van der Waals surface area contributed by atoms with Gasteiger partial charge in [-0.2, -0.15) is 10.5 Å². The van der Waals surface area contributed by atoms with Gasteiger partial charge in [0.2, 0.25) is 0 Å². The van der Waals surface area contributed by atoms with Crippen LogP contribution < -0.4 is 0 Å². The van der Waals surface area contributed by atoms with Crippen molar-refractivity contribution in [3.63, 3.8) is 0 Å². The minimum absolute atomic E-state index is 0.502. The second kappa shape index (κ2) is 5.38. The topological polar surface area (TPSA) is 54.1 Å². The van der Waals surface area contributed by atoms with Gasteiger partial charge >= 0.3 is 0 Å². The third-order valence-corrected chi connectivity index (χ3v) is 4.32. The molecule has 0 amide bonds. The Balaban J connectivity index is 1.99. The first kappa shape index (κ1) is 12.2. The summed E-state index contributed by atoms with van der Waals surface area (Å²) in [4.78, 5) is 4.20. The first-order valence-corrected chi connectivity index (χ1v) is 6.44. The van der Waals surface area contributed by atoms with E-state index in [2.05, 4.69) is 24.2 Å². The van der Waals surface area contributed by atoms with Crippen molar-refractivity contribution >= 4 is 0 Å². The minimum Gasteiger partial charge on any atom is -0.310 e. The maximum atomic E-state index is 8.93. The van der Waals surface area contributed by atoms with E-state index >= 15 is 0 Å². The molecular weight excluding hydrogens is 212 g/mol. The van der Waals surface area contributed by atoms with Crippen LogP contribution in [-0.2, 0) is 0 Å². The molecule has 0 bridgehead atoms. The Hall–Kier alpha value is -1.26. The molecule has 0 N–H and O–H groups in total. The average molecular weight is 232 g/mol. The number of hydrogen-bond donors (Lipinski definition) is 0. The van der Waals surface area contributed by atoms with Crippen LogP contribution in [-0.4, -0.2) is 43.0 Å². The van der Waals surface area contributed by atoms with E-state index < -0.39 is 0 Å². The molecule has 2 aliphatic heterocycles. The fourth-order valence-electron chi connectivity index (χ4n) is 3.41. The van der Waals surface area contributed by atoms with Crippen molar-refractivity contribution in [1.82, 2.24) is 9.80 Å². The number of likely N-dealkylation sites (tertiary alicyclic amines) is 2. The molecule has 2 fully saturated rings. The summed E-state index contributed by atoms with van der Waals surface area (Å²) in [5.74, 6) is 1.77. The zero-order valence-corrected chi connectivity index (χ0v) is 10.5. The second-order valence-electron chi connectivity index (χ2n) is 5.43. The Morgan fingerprint density at radius 2 is 2.00 bits per heavy atom. The molecule has 4 nitrogen and oxygen atoms in total. The molecule has 0 aromatic carbocycles. The first-order chi connectivity index (χ1) is 8.24. The summed E-state index contributed by atoms with van der Waals surface area (Å²) in [6.07, 6.45) is 5.23. The Kier molecular flexibility index (Phi) is 3.86. The molecule has 0 aromatic heterocycles. The monoisotopic (exact) mass is 232 g/mol. The van der Waals surface area contributed by atoms with Crippen LogP contribution in [0.3, 0.4) is 0 Å². The van der Waals surface area contributed by atoms with Crippen LogP contribution in [0.15, 0.2) is 0 Å². The summed E-state index contributed by atoms with van der Waals surface area (Å²) >= 11 is 0. The van der Waals surface area contributed by atoms with E-state index in [1.165, 1.54) is 6.42 Å². The molecule has 0 saturated carbocycles. The van der Waals surface area contributed by atoms with Gasteiger partial charge in [0.1, 0.15) is 0 Å². The van der Waals surface area contributed by atoms with Crippen molar-refractivity contribution in [3.05, 3.63) is 0 Å². The number of nitrogens with zero attached hydrogens (tertiary/aromatic N) is 4. The fraction of sp³-hybridized carbons (Fsp3) is 0.846. The smallest absolute Gasteiger partial charge is 0.179 e. The summed E-state index contributed by atoms with van der Waals surface area (Å²) in [6.45, 7) is 4.00. The van der Waals surface area contributed by atoms with Gasteiger partial charge in [-0.25, -0.2) is 0 Å². The molecule has 0 aliphatic carbocycles. The third kappa shape index (κ3) is 2.70. The minimum atomic E-state index is 0.502. The lowest BCUT2D eigenvalue weighted by Crippen LogP contribution is -2.41. The van der Waals surface area contributed by atoms with E-state index in [1.807, 2.05) is 4.90 Å². The lowest BCUT2D eigenvalue weighted by Gasteiger charge is -2.38. The zero-order chi connectivity index (χ0) is 12.3. The van der Waals surface area contributed by atoms with Crippen molar-refractivity contribution in [2.75, 3.05) is 33.2 Å². The highest BCUT2D eigenvalue weighted by molar-refractivity contribution is 4.94. The number of nitriles is 2. The molecule has 0 aromatic rings. The summed E-state index contributed by atoms with van der Waals surface area (Å²) in [5.41, 5.74) is 0. The van der Waals surface area contributed by atoms with E-state index in [0.29, 0.717) is 24.2 Å². The predicted molar refractivity (Wildman–Crippen MR) is 64.6 cm³/mol. The maximum Gasteiger partial charge on any atom is 0.179 e. The van der Waals surface area contributed by atoms with Crippen LogP contribution in [0.1, 0.15) is 19.3 Å². The average Bonchev–Trinajstić information content (AvgIpc) is 2.78. The highest BCUT2D eigenvalue weighted by atomic mass is 15.1. The Labute approximate surface area is 103 Å². The van der Waals surface area contributed by atoms with E-state index in [4.69, 9.17) is 10.5 Å². The first-order valence-electron chi connectivity index (χ1n) is 6.44. The molecule has 2 saturated heterocycles. The van der Waals surface area contributed by atoms with Crippen LogP contribution in [0.4, 0.5) is 0 Å². The molecule has 2 rings (SSSR count). The standard InChI is InChI=1S/C13H20N4/c1-16-6-4-13(11(8-16)2-5-14)12-3-7-17(9-12)10-15/h11-13H,2-4,6-9H2,1H3. The Bertz CT molecular complexity index is 340. The molecule has 17 heavy (non-hydrogen) atoms. The molecule has 2 aliphatic rings. The van der Waals surface area contributed by atoms with Gasteiger partial charge < -0.3 is 9.80 Å². The van der Waals surface area contributed by atoms with Crippen LogP contribution >= 0.6 is 0 Å². The van der Waals surface area contributed by atoms with Gasteiger partial charge in [-0.3, -0.25) is 0 Å². The summed E-state index contributed by atoms with van der Waals surface area (Å²) in [5, 5.41) is 17.8. The van der Waals surface area contributed by atoms with Gasteiger partial charge in [-0.05, 0) is 44.2 Å². The van der Waals surface area contributed by atoms with E-state index in [9.17, 15) is 0 Å². The maximum absolute atomic E-state index is 8.93. The van der Waals surface area contributed by atoms with Gasteiger partial charge in [-0.15, -0.1) is 0 Å². The van der Waals surface area contributed by atoms with Crippen molar-refractivity contribution in [1.29, 1.82) is 10.5 Å². The summed E-state index contributed by atoms with van der Waals surface area (Å²) in [6, 6.07) is 2.33. The molecule has 92 valence electrons. The van der Waals surface area contributed by atoms with Crippen molar-refractivity contribution in [2.24, 2.45) is 17.8 Å². The van der Waals surface area contributed by atoms with Crippen molar-refractivity contribution < 1.29 is 0 Å². The molecule has 3 atom stereocenters. The molecule has 2 heterocycles. The zero-order valence-electron chi connectivity index (χ0n) is 10.5. The van der Waals surface area contributed by atoms with Crippen molar-refractivity contribution in [3.8, 4) is 12.3 Å². The van der Waals surface area contributed by atoms with Crippen LogP contribution in [0.2, 0.25) is 0 Å². The highest BCUT2D eigenvalue weighted by Gasteiger charge is 2.36. The SMILES string of the molecule is CN1CCC(C2CCN(C#N)C2)C(CC#N)C1. The van der Waals surface area contributed by atoms with E-state index in [1.54, 1.807) is 0 Å². The quantitative estimate of drug-likeness (QED) is 0.673. The number of piperidine rings is 1. The number of rotatable bonds is 2. The predicted octanol–water partition coefficient (Wildman–Crippen LogP) is 1.27. The highest BCUT2D eigenvalue weighted by Crippen LogP contribution is 2.36. The van der Waals surface area contributed by atoms with Gasteiger partial charge in [0.05, 0.1) is 6.07 Å². The number of hydrogen-bond acceptors (Lipinski definition) is 4. The molecular formula is C13H20N4. The third-order valence-electron chi connectivity index (χ3n) is 4.32. The Morgan fingerprint density at radius 1 is 1.18 bits per heavy atom. The van der Waals surface area contributed by atoms with Gasteiger partial charge in [0, 0.05) is 26.1 Å².